The van der Waals surface area contributed by atoms with Crippen molar-refractivity contribution in [1.82, 2.24) is 15.6 Å². The Morgan fingerprint density at radius 3 is 2.79 bits per heavy atom. The molecular formula is C17H30IN5O. The molecule has 1 aliphatic heterocycles. The third-order valence-corrected chi connectivity index (χ3v) is 3.92. The van der Waals surface area contributed by atoms with Crippen molar-refractivity contribution in [3.8, 4) is 0 Å². The fourth-order valence-electron chi connectivity index (χ4n) is 2.61. The molecule has 0 unspecified atom stereocenters. The van der Waals surface area contributed by atoms with Gasteiger partial charge in [0.25, 0.3) is 0 Å². The maximum absolute atomic E-state index is 5.43. The minimum absolute atomic E-state index is 0. The topological polar surface area (TPSA) is 61.8 Å². The van der Waals surface area contributed by atoms with Crippen molar-refractivity contribution in [2.75, 3.05) is 44.8 Å². The molecular weight excluding hydrogens is 417 g/mol. The summed E-state index contributed by atoms with van der Waals surface area (Å²) in [6.45, 7) is 7.21. The number of halogens is 1. The van der Waals surface area contributed by atoms with Gasteiger partial charge in [-0.15, -0.1) is 24.0 Å². The van der Waals surface area contributed by atoms with Crippen LogP contribution in [0.4, 0.5) is 5.82 Å². The lowest BCUT2D eigenvalue weighted by Gasteiger charge is -2.29. The summed E-state index contributed by atoms with van der Waals surface area (Å²) in [5.41, 5.74) is 1.19. The van der Waals surface area contributed by atoms with E-state index in [1.165, 1.54) is 24.8 Å². The van der Waals surface area contributed by atoms with Gasteiger partial charge in [0.2, 0.25) is 0 Å². The fourth-order valence-corrected chi connectivity index (χ4v) is 2.61. The van der Waals surface area contributed by atoms with E-state index in [1.807, 2.05) is 12.3 Å². The first kappa shape index (κ1) is 21.0. The summed E-state index contributed by atoms with van der Waals surface area (Å²) in [6, 6.07) is 4.10. The molecule has 136 valence electrons. The van der Waals surface area contributed by atoms with Crippen molar-refractivity contribution in [3.63, 3.8) is 0 Å². The van der Waals surface area contributed by atoms with Crippen LogP contribution in [0.25, 0.3) is 0 Å². The second-order valence-electron chi connectivity index (χ2n) is 5.65. The lowest BCUT2D eigenvalue weighted by atomic mass is 10.2. The first-order chi connectivity index (χ1) is 11.3. The molecule has 0 spiro atoms. The second kappa shape index (κ2) is 12.3. The maximum Gasteiger partial charge on any atom is 0.191 e. The molecule has 2 heterocycles. The average molecular weight is 447 g/mol. The molecule has 0 atom stereocenters. The first-order valence-corrected chi connectivity index (χ1v) is 8.56. The Kier molecular flexibility index (Phi) is 10.7. The molecule has 1 aromatic heterocycles. The van der Waals surface area contributed by atoms with E-state index >= 15 is 0 Å². The zero-order valence-electron chi connectivity index (χ0n) is 14.8. The summed E-state index contributed by atoms with van der Waals surface area (Å²) in [5.74, 6) is 1.89. The minimum atomic E-state index is 0. The van der Waals surface area contributed by atoms with E-state index in [0.717, 1.165) is 44.6 Å². The lowest BCUT2D eigenvalue weighted by Crippen LogP contribution is -2.39. The van der Waals surface area contributed by atoms with Crippen LogP contribution in [0.1, 0.15) is 31.7 Å². The van der Waals surface area contributed by atoms with Gasteiger partial charge in [0.15, 0.2) is 5.96 Å². The van der Waals surface area contributed by atoms with Crippen LogP contribution in [0, 0.1) is 0 Å². The molecule has 1 aromatic rings. The Morgan fingerprint density at radius 1 is 1.29 bits per heavy atom. The Labute approximate surface area is 162 Å². The minimum Gasteiger partial charge on any atom is -0.378 e. The number of guanidine groups is 1. The predicted octanol–water partition coefficient (Wildman–Crippen LogP) is 2.39. The summed E-state index contributed by atoms with van der Waals surface area (Å²) in [7, 11) is 1.81. The van der Waals surface area contributed by atoms with Crippen LogP contribution in [-0.2, 0) is 11.3 Å². The van der Waals surface area contributed by atoms with E-state index < -0.39 is 0 Å². The number of unbranched alkanes of at least 4 members (excludes halogenated alkanes) is 2. The largest absolute Gasteiger partial charge is 0.378 e. The molecule has 0 aliphatic carbocycles. The molecule has 0 saturated carbocycles. The second-order valence-corrected chi connectivity index (χ2v) is 5.65. The molecule has 1 aliphatic rings. The molecule has 2 rings (SSSR count). The number of aromatic nitrogens is 1. The van der Waals surface area contributed by atoms with Crippen molar-refractivity contribution in [2.24, 2.45) is 4.99 Å². The molecule has 0 aromatic carbocycles. The quantitative estimate of drug-likeness (QED) is 0.291. The number of rotatable bonds is 7. The SMILES string of the molecule is CCCCCNC(=NC)NCc1cccnc1N1CCOCC1.I. The normalized spacial score (nSPS) is 14.9. The molecule has 2 N–H and O–H groups in total. The maximum atomic E-state index is 5.43. The number of ether oxygens (including phenoxy) is 1. The standard InChI is InChI=1S/C17H29N5O.HI/c1-3-4-5-8-20-17(18-2)21-14-15-7-6-9-19-16(15)22-10-12-23-13-11-22;/h6-7,9H,3-5,8,10-14H2,1-2H3,(H2,18,20,21);1H. The van der Waals surface area contributed by atoms with Crippen molar-refractivity contribution in [3.05, 3.63) is 23.9 Å². The number of hydrogen-bond acceptors (Lipinski definition) is 4. The highest BCUT2D eigenvalue weighted by Gasteiger charge is 2.15. The molecule has 24 heavy (non-hydrogen) atoms. The number of pyridine rings is 1. The smallest absolute Gasteiger partial charge is 0.191 e. The highest BCUT2D eigenvalue weighted by Crippen LogP contribution is 2.18. The van der Waals surface area contributed by atoms with Gasteiger partial charge in [0.1, 0.15) is 5.82 Å². The summed E-state index contributed by atoms with van der Waals surface area (Å²) in [5, 5.41) is 6.74. The van der Waals surface area contributed by atoms with Crippen LogP contribution >= 0.6 is 24.0 Å². The summed E-state index contributed by atoms with van der Waals surface area (Å²) >= 11 is 0. The Hall–Kier alpha value is -1.09. The van der Waals surface area contributed by atoms with Gasteiger partial charge in [0, 0.05) is 45.0 Å². The Morgan fingerprint density at radius 2 is 2.08 bits per heavy atom. The van der Waals surface area contributed by atoms with Crippen LogP contribution in [0.2, 0.25) is 0 Å². The van der Waals surface area contributed by atoms with Gasteiger partial charge < -0.3 is 20.3 Å². The van der Waals surface area contributed by atoms with Gasteiger partial charge in [-0.3, -0.25) is 4.99 Å². The molecule has 0 bridgehead atoms. The number of aliphatic imine (C=N–C) groups is 1. The molecule has 6 nitrogen and oxygen atoms in total. The summed E-state index contributed by atoms with van der Waals surface area (Å²) < 4.78 is 5.43. The molecule has 1 saturated heterocycles. The average Bonchev–Trinajstić information content (AvgIpc) is 2.62. The van der Waals surface area contributed by atoms with E-state index in [9.17, 15) is 0 Å². The van der Waals surface area contributed by atoms with Crippen molar-refractivity contribution >= 4 is 35.8 Å². The van der Waals surface area contributed by atoms with Crippen LogP contribution in [0.15, 0.2) is 23.3 Å². The van der Waals surface area contributed by atoms with E-state index in [0.29, 0.717) is 6.54 Å². The van der Waals surface area contributed by atoms with E-state index in [-0.39, 0.29) is 24.0 Å². The zero-order valence-corrected chi connectivity index (χ0v) is 17.1. The highest BCUT2D eigenvalue weighted by atomic mass is 127. The molecule has 0 amide bonds. The van der Waals surface area contributed by atoms with Gasteiger partial charge in [-0.25, -0.2) is 4.98 Å². The summed E-state index contributed by atoms with van der Waals surface area (Å²) in [6.07, 6.45) is 5.50. The number of morpholine rings is 1. The monoisotopic (exact) mass is 447 g/mol. The van der Waals surface area contributed by atoms with Gasteiger partial charge >= 0.3 is 0 Å². The zero-order chi connectivity index (χ0) is 16.3. The number of nitrogens with zero attached hydrogens (tertiary/aromatic N) is 3. The molecule has 0 radical (unpaired) electrons. The lowest BCUT2D eigenvalue weighted by molar-refractivity contribution is 0.122. The van der Waals surface area contributed by atoms with E-state index in [1.54, 1.807) is 7.05 Å². The van der Waals surface area contributed by atoms with Crippen LogP contribution in [0.3, 0.4) is 0 Å². The van der Waals surface area contributed by atoms with Crippen molar-refractivity contribution in [2.45, 2.75) is 32.7 Å². The number of anilines is 1. The molecule has 1 fully saturated rings. The number of nitrogens with one attached hydrogen (secondary N) is 2. The highest BCUT2D eigenvalue weighted by molar-refractivity contribution is 14.0. The third-order valence-electron chi connectivity index (χ3n) is 3.92. The Bertz CT molecular complexity index is 492. The molecule has 7 heteroatoms. The van der Waals surface area contributed by atoms with Gasteiger partial charge in [-0.05, 0) is 12.5 Å². The fraction of sp³-hybridized carbons (Fsp3) is 0.647. The summed E-state index contributed by atoms with van der Waals surface area (Å²) in [4.78, 5) is 11.1. The van der Waals surface area contributed by atoms with Crippen LogP contribution in [-0.4, -0.2) is 50.8 Å². The Balaban J connectivity index is 0.00000288. The van der Waals surface area contributed by atoms with Crippen LogP contribution < -0.4 is 15.5 Å². The van der Waals surface area contributed by atoms with E-state index in [2.05, 4.69) is 38.5 Å². The van der Waals surface area contributed by atoms with Gasteiger partial charge in [-0.1, -0.05) is 25.8 Å². The predicted molar refractivity (Wildman–Crippen MR) is 110 cm³/mol. The first-order valence-electron chi connectivity index (χ1n) is 8.56. The van der Waals surface area contributed by atoms with Gasteiger partial charge in [0.05, 0.1) is 13.2 Å². The van der Waals surface area contributed by atoms with Crippen molar-refractivity contribution < 1.29 is 4.74 Å². The van der Waals surface area contributed by atoms with E-state index in [4.69, 9.17) is 4.74 Å². The number of hydrogen-bond donors (Lipinski definition) is 2. The van der Waals surface area contributed by atoms with Crippen molar-refractivity contribution in [1.29, 1.82) is 0 Å². The van der Waals surface area contributed by atoms with Crippen LogP contribution in [0.5, 0.6) is 0 Å². The van der Waals surface area contributed by atoms with Gasteiger partial charge in [-0.2, -0.15) is 0 Å². The third kappa shape index (κ3) is 6.80.